The molecule has 0 radical (unpaired) electrons. The quantitative estimate of drug-likeness (QED) is 0.480. The van der Waals surface area contributed by atoms with Crippen molar-refractivity contribution in [3.63, 3.8) is 0 Å². The highest BCUT2D eigenvalue weighted by Gasteiger charge is 2.17. The smallest absolute Gasteiger partial charge is 0.262 e. The maximum absolute atomic E-state index is 12.0. The molecule has 0 N–H and O–H groups in total. The molecule has 0 aliphatic heterocycles. The zero-order chi connectivity index (χ0) is 16.3. The third-order valence-electron chi connectivity index (χ3n) is 3.16. The summed E-state index contributed by atoms with van der Waals surface area (Å²) in [5.74, 6) is 0. The van der Waals surface area contributed by atoms with Gasteiger partial charge in [-0.1, -0.05) is 29.8 Å². The molecule has 0 spiro atoms. The fraction of sp³-hybridized carbons (Fsp3) is 0.200. The predicted molar refractivity (Wildman–Crippen MR) is 81.0 cm³/mol. The molecule has 0 fully saturated rings. The van der Waals surface area contributed by atoms with Gasteiger partial charge in [0.1, 0.15) is 0 Å². The van der Waals surface area contributed by atoms with Crippen molar-refractivity contribution in [2.45, 2.75) is 25.3 Å². The van der Waals surface area contributed by atoms with Gasteiger partial charge in [-0.05, 0) is 31.5 Å². The molecule has 0 aliphatic carbocycles. The second-order valence-electron chi connectivity index (χ2n) is 4.91. The van der Waals surface area contributed by atoms with Crippen LogP contribution in [0.1, 0.15) is 16.7 Å². The molecule has 6 nitrogen and oxygen atoms in total. The molecule has 0 saturated carbocycles. The maximum atomic E-state index is 12.0. The Morgan fingerprint density at radius 1 is 1.09 bits per heavy atom. The van der Waals surface area contributed by atoms with E-state index in [2.05, 4.69) is 0 Å². The van der Waals surface area contributed by atoms with Gasteiger partial charge in [0.25, 0.3) is 15.8 Å². The average Bonchev–Trinajstić information content (AvgIpc) is 2.46. The Kier molecular flexibility index (Phi) is 4.58. The van der Waals surface area contributed by atoms with E-state index >= 15 is 0 Å². The zero-order valence-electron chi connectivity index (χ0n) is 12.1. The summed E-state index contributed by atoms with van der Waals surface area (Å²) in [5, 5.41) is 10.9. The van der Waals surface area contributed by atoms with Crippen LogP contribution in [0.25, 0.3) is 0 Å². The van der Waals surface area contributed by atoms with Crippen LogP contribution in [0.4, 0.5) is 5.69 Å². The fourth-order valence-corrected chi connectivity index (χ4v) is 2.76. The normalized spacial score (nSPS) is 11.4. The molecule has 0 heterocycles. The molecule has 22 heavy (non-hydrogen) atoms. The van der Waals surface area contributed by atoms with E-state index in [0.29, 0.717) is 11.1 Å². The van der Waals surface area contributed by atoms with Gasteiger partial charge >= 0.3 is 0 Å². The molecule has 2 aromatic rings. The second-order valence-corrected chi connectivity index (χ2v) is 6.52. The molecular weight excluding hydrogens is 306 g/mol. The fourth-order valence-electron chi connectivity index (χ4n) is 1.86. The summed E-state index contributed by atoms with van der Waals surface area (Å²) in [6.07, 6.45) is 0. The minimum absolute atomic E-state index is 0.0553. The maximum Gasteiger partial charge on any atom is 0.297 e. The molecule has 0 atom stereocenters. The minimum atomic E-state index is -3.89. The Hall–Kier alpha value is -2.25. The van der Waals surface area contributed by atoms with E-state index in [0.717, 1.165) is 5.56 Å². The largest absolute Gasteiger partial charge is 0.297 e. The van der Waals surface area contributed by atoms with Crippen LogP contribution >= 0.6 is 0 Å². The van der Waals surface area contributed by atoms with Gasteiger partial charge in [-0.3, -0.25) is 14.3 Å². The molecular formula is C15H15NO5S. The van der Waals surface area contributed by atoms with Crippen molar-refractivity contribution >= 4 is 15.8 Å². The first-order valence-corrected chi connectivity index (χ1v) is 7.90. The first-order chi connectivity index (χ1) is 10.3. The molecule has 116 valence electrons. The van der Waals surface area contributed by atoms with E-state index in [1.165, 1.54) is 18.2 Å². The van der Waals surface area contributed by atoms with Gasteiger partial charge in [-0.15, -0.1) is 0 Å². The van der Waals surface area contributed by atoms with Crippen LogP contribution in [0, 0.1) is 24.0 Å². The number of nitro groups is 1. The van der Waals surface area contributed by atoms with Gasteiger partial charge < -0.3 is 0 Å². The standard InChI is InChI=1S/C15H15NO5S/c1-11-3-7-14(8-4-11)22(19,20)21-10-13-6-5-12(2)15(9-13)16(17)18/h3-9H,10H2,1-2H3. The van der Waals surface area contributed by atoms with E-state index in [9.17, 15) is 18.5 Å². The number of rotatable bonds is 5. The molecule has 0 aliphatic rings. The van der Waals surface area contributed by atoms with Crippen LogP contribution < -0.4 is 0 Å². The summed E-state index contributed by atoms with van der Waals surface area (Å²) in [7, 11) is -3.89. The third-order valence-corrected chi connectivity index (χ3v) is 4.44. The lowest BCUT2D eigenvalue weighted by molar-refractivity contribution is -0.385. The van der Waals surface area contributed by atoms with Crippen LogP contribution in [0.5, 0.6) is 0 Å². The van der Waals surface area contributed by atoms with Crippen molar-refractivity contribution in [3.05, 3.63) is 69.3 Å². The zero-order valence-corrected chi connectivity index (χ0v) is 13.0. The van der Waals surface area contributed by atoms with Crippen molar-refractivity contribution in [1.82, 2.24) is 0 Å². The lowest BCUT2D eigenvalue weighted by Crippen LogP contribution is -2.07. The van der Waals surface area contributed by atoms with Crippen molar-refractivity contribution in [2.24, 2.45) is 0 Å². The number of hydrogen-bond donors (Lipinski definition) is 0. The summed E-state index contributed by atoms with van der Waals surface area (Å²) in [5.41, 5.74) is 1.81. The predicted octanol–water partition coefficient (Wildman–Crippen LogP) is 3.12. The second kappa shape index (κ2) is 6.25. The Bertz CT molecular complexity index is 797. The van der Waals surface area contributed by atoms with Gasteiger partial charge in [-0.25, -0.2) is 0 Å². The number of nitro benzene ring substituents is 1. The van der Waals surface area contributed by atoms with Gasteiger partial charge in [0.2, 0.25) is 0 Å². The first-order valence-electron chi connectivity index (χ1n) is 6.49. The van der Waals surface area contributed by atoms with E-state index in [4.69, 9.17) is 4.18 Å². The molecule has 0 aromatic heterocycles. The highest BCUT2D eigenvalue weighted by atomic mass is 32.2. The van der Waals surface area contributed by atoms with Crippen LogP contribution in [-0.4, -0.2) is 13.3 Å². The van der Waals surface area contributed by atoms with Gasteiger partial charge in [0.05, 0.1) is 16.4 Å². The summed E-state index contributed by atoms with van der Waals surface area (Å²) in [6, 6.07) is 10.8. The van der Waals surface area contributed by atoms with E-state index in [1.54, 1.807) is 31.2 Å². The Morgan fingerprint density at radius 3 is 2.32 bits per heavy atom. The molecule has 0 amide bonds. The number of aryl methyl sites for hydroxylation is 2. The highest BCUT2D eigenvalue weighted by Crippen LogP contribution is 2.21. The monoisotopic (exact) mass is 321 g/mol. The van der Waals surface area contributed by atoms with Crippen LogP contribution in [0.3, 0.4) is 0 Å². The molecule has 7 heteroatoms. The summed E-state index contributed by atoms with van der Waals surface area (Å²) >= 11 is 0. The summed E-state index contributed by atoms with van der Waals surface area (Å²) in [4.78, 5) is 10.4. The first kappa shape index (κ1) is 16.1. The SMILES string of the molecule is Cc1ccc(S(=O)(=O)OCc2ccc(C)c([N+](=O)[O-])c2)cc1. The van der Waals surface area contributed by atoms with Gasteiger partial charge in [0, 0.05) is 11.6 Å². The lowest BCUT2D eigenvalue weighted by atomic mass is 10.1. The van der Waals surface area contributed by atoms with Gasteiger partial charge in [0.15, 0.2) is 0 Å². The van der Waals surface area contributed by atoms with Crippen LogP contribution in [0.2, 0.25) is 0 Å². The van der Waals surface area contributed by atoms with E-state index in [1.807, 2.05) is 6.92 Å². The Balaban J connectivity index is 2.17. The Morgan fingerprint density at radius 2 is 1.73 bits per heavy atom. The molecule has 0 unspecified atom stereocenters. The van der Waals surface area contributed by atoms with Gasteiger partial charge in [-0.2, -0.15) is 8.42 Å². The van der Waals surface area contributed by atoms with Crippen LogP contribution in [-0.2, 0) is 20.9 Å². The Labute approximate surface area is 128 Å². The highest BCUT2D eigenvalue weighted by molar-refractivity contribution is 7.86. The summed E-state index contributed by atoms with van der Waals surface area (Å²) in [6.45, 7) is 3.21. The van der Waals surface area contributed by atoms with Crippen molar-refractivity contribution in [2.75, 3.05) is 0 Å². The molecule has 2 aromatic carbocycles. The topological polar surface area (TPSA) is 86.5 Å². The molecule has 0 bridgehead atoms. The van der Waals surface area contributed by atoms with Crippen molar-refractivity contribution in [3.8, 4) is 0 Å². The molecule has 0 saturated heterocycles. The average molecular weight is 321 g/mol. The third kappa shape index (κ3) is 3.69. The number of nitrogens with zero attached hydrogens (tertiary/aromatic N) is 1. The van der Waals surface area contributed by atoms with Crippen molar-refractivity contribution in [1.29, 1.82) is 0 Å². The van der Waals surface area contributed by atoms with Crippen LogP contribution in [0.15, 0.2) is 47.4 Å². The van der Waals surface area contributed by atoms with Crippen molar-refractivity contribution < 1.29 is 17.5 Å². The number of hydrogen-bond acceptors (Lipinski definition) is 5. The van der Waals surface area contributed by atoms with E-state index in [-0.39, 0.29) is 17.2 Å². The molecule has 2 rings (SSSR count). The summed E-state index contributed by atoms with van der Waals surface area (Å²) < 4.78 is 29.1. The minimum Gasteiger partial charge on any atom is -0.262 e. The number of benzene rings is 2. The van der Waals surface area contributed by atoms with E-state index < -0.39 is 15.0 Å². The lowest BCUT2D eigenvalue weighted by Gasteiger charge is -2.07.